The van der Waals surface area contributed by atoms with Gasteiger partial charge in [-0.05, 0) is 6.08 Å². The molecule has 0 aromatic carbocycles. The van der Waals surface area contributed by atoms with Crippen molar-refractivity contribution >= 4 is 6.08 Å². The Morgan fingerprint density at radius 2 is 2.45 bits per heavy atom. The molecule has 58 valence electrons. The maximum atomic E-state index is 10.0. The summed E-state index contributed by atoms with van der Waals surface area (Å²) in [6.45, 7) is 0. The minimum absolute atomic E-state index is 0.592. The molecule has 1 unspecified atom stereocenters. The molecule has 0 saturated heterocycles. The Labute approximate surface area is 65.1 Å². The van der Waals surface area contributed by atoms with Gasteiger partial charge in [0.2, 0.25) is 6.08 Å². The van der Waals surface area contributed by atoms with Gasteiger partial charge >= 0.3 is 0 Å². The van der Waals surface area contributed by atoms with E-state index in [1.807, 2.05) is 12.2 Å². The Hall–Kier alpha value is -1.18. The monoisotopic (exact) mass is 151 g/mol. The molecule has 11 heavy (non-hydrogen) atoms. The molecule has 3 nitrogen and oxygen atoms in total. The number of carbonyl (C=O) groups excluding carboxylic acids is 1. The second-order valence-electron chi connectivity index (χ2n) is 2.24. The van der Waals surface area contributed by atoms with Gasteiger partial charge in [-0.15, -0.1) is 0 Å². The molecular weight excluding hydrogens is 142 g/mol. The quantitative estimate of drug-likeness (QED) is 0.439. The Bertz CT molecular complexity index is 238. The first kappa shape index (κ1) is 7.92. The molecule has 1 rings (SSSR count). The number of nitrogens with zero attached hydrogens (tertiary/aromatic N) is 1. The van der Waals surface area contributed by atoms with Crippen molar-refractivity contribution in [1.82, 2.24) is 0 Å². The highest BCUT2D eigenvalue weighted by molar-refractivity contribution is 5.36. The zero-order valence-corrected chi connectivity index (χ0v) is 6.28. The molecule has 1 aliphatic rings. The van der Waals surface area contributed by atoms with Crippen molar-refractivity contribution in [3.8, 4) is 0 Å². The molecule has 0 fully saturated rings. The predicted molar refractivity (Wildman–Crippen MR) is 40.8 cm³/mol. The lowest BCUT2D eigenvalue weighted by Crippen LogP contribution is -2.26. The number of hydrogen-bond acceptors (Lipinski definition) is 3. The van der Waals surface area contributed by atoms with Crippen molar-refractivity contribution in [3.05, 3.63) is 24.3 Å². The van der Waals surface area contributed by atoms with Crippen LogP contribution in [0.25, 0.3) is 0 Å². The van der Waals surface area contributed by atoms with Crippen molar-refractivity contribution in [3.63, 3.8) is 0 Å². The first-order valence-corrected chi connectivity index (χ1v) is 3.31. The molecule has 0 radical (unpaired) electrons. The number of methoxy groups -OCH3 is 1. The molecule has 0 aliphatic heterocycles. The van der Waals surface area contributed by atoms with Crippen LogP contribution in [-0.2, 0) is 9.53 Å². The van der Waals surface area contributed by atoms with Gasteiger partial charge in [0.05, 0.1) is 0 Å². The number of hydrogen-bond donors (Lipinski definition) is 0. The maximum Gasteiger partial charge on any atom is 0.238 e. The Kier molecular flexibility index (Phi) is 2.36. The van der Waals surface area contributed by atoms with Crippen molar-refractivity contribution in [1.29, 1.82) is 0 Å². The summed E-state index contributed by atoms with van der Waals surface area (Å²) >= 11 is 0. The molecule has 0 bridgehead atoms. The van der Waals surface area contributed by atoms with E-state index in [1.54, 1.807) is 12.2 Å². The van der Waals surface area contributed by atoms with Crippen LogP contribution >= 0.6 is 0 Å². The number of rotatable bonds is 2. The van der Waals surface area contributed by atoms with Crippen LogP contribution < -0.4 is 0 Å². The molecule has 0 saturated carbocycles. The molecule has 1 aliphatic carbocycles. The fourth-order valence-electron chi connectivity index (χ4n) is 0.947. The largest absolute Gasteiger partial charge is 0.352 e. The second kappa shape index (κ2) is 3.28. The fourth-order valence-corrected chi connectivity index (χ4v) is 0.947. The van der Waals surface area contributed by atoms with Crippen LogP contribution in [0.2, 0.25) is 0 Å². The van der Waals surface area contributed by atoms with Gasteiger partial charge in [0.1, 0.15) is 0 Å². The van der Waals surface area contributed by atoms with Crippen LogP contribution in [0.4, 0.5) is 0 Å². The minimum Gasteiger partial charge on any atom is -0.352 e. The molecule has 0 spiro atoms. The van der Waals surface area contributed by atoms with Crippen LogP contribution in [0.5, 0.6) is 0 Å². The van der Waals surface area contributed by atoms with E-state index < -0.39 is 5.72 Å². The van der Waals surface area contributed by atoms with E-state index >= 15 is 0 Å². The normalized spacial score (nSPS) is 28.1. The number of ether oxygens (including phenoxy) is 1. The van der Waals surface area contributed by atoms with Gasteiger partial charge in [0.25, 0.3) is 0 Å². The summed E-state index contributed by atoms with van der Waals surface area (Å²) < 4.78 is 5.05. The molecular formula is C8H9NO2. The zero-order chi connectivity index (χ0) is 8.16. The van der Waals surface area contributed by atoms with Crippen LogP contribution in [-0.4, -0.2) is 18.9 Å². The molecule has 0 N–H and O–H groups in total. The predicted octanol–water partition coefficient (Wildman–Crippen LogP) is 1.18. The van der Waals surface area contributed by atoms with Crippen molar-refractivity contribution in [2.45, 2.75) is 12.1 Å². The summed E-state index contributed by atoms with van der Waals surface area (Å²) in [6, 6.07) is 0. The van der Waals surface area contributed by atoms with Crippen molar-refractivity contribution < 1.29 is 9.53 Å². The molecule has 0 aromatic heterocycles. The number of isocyanates is 1. The highest BCUT2D eigenvalue weighted by Gasteiger charge is 2.25. The van der Waals surface area contributed by atoms with Gasteiger partial charge in [0, 0.05) is 13.5 Å². The summed E-state index contributed by atoms with van der Waals surface area (Å²) in [5.41, 5.74) is -0.795. The molecule has 0 aromatic rings. The highest BCUT2D eigenvalue weighted by atomic mass is 16.5. The molecule has 1 atom stereocenters. The Morgan fingerprint density at radius 1 is 1.64 bits per heavy atom. The topological polar surface area (TPSA) is 38.7 Å². The summed E-state index contributed by atoms with van der Waals surface area (Å²) in [4.78, 5) is 13.6. The molecule has 3 heteroatoms. The summed E-state index contributed by atoms with van der Waals surface area (Å²) in [5, 5.41) is 0. The van der Waals surface area contributed by atoms with E-state index in [1.165, 1.54) is 13.2 Å². The third-order valence-corrected chi connectivity index (χ3v) is 1.60. The molecule has 0 heterocycles. The van der Waals surface area contributed by atoms with Gasteiger partial charge in [-0.3, -0.25) is 0 Å². The van der Waals surface area contributed by atoms with E-state index in [0.717, 1.165) is 0 Å². The van der Waals surface area contributed by atoms with Crippen LogP contribution in [0.3, 0.4) is 0 Å². The highest BCUT2D eigenvalue weighted by Crippen LogP contribution is 2.22. The maximum absolute atomic E-state index is 10.0. The van der Waals surface area contributed by atoms with Gasteiger partial charge in [-0.25, -0.2) is 4.79 Å². The standard InChI is InChI=1S/C8H9NO2/c1-11-8(9-7-10)5-3-2-4-6-8/h2-5H,6H2,1H3. The van der Waals surface area contributed by atoms with E-state index in [4.69, 9.17) is 4.74 Å². The van der Waals surface area contributed by atoms with Crippen molar-refractivity contribution in [2.24, 2.45) is 4.99 Å². The lowest BCUT2D eigenvalue weighted by atomic mass is 10.1. The van der Waals surface area contributed by atoms with E-state index in [-0.39, 0.29) is 0 Å². The van der Waals surface area contributed by atoms with Crippen molar-refractivity contribution in [2.75, 3.05) is 7.11 Å². The summed E-state index contributed by atoms with van der Waals surface area (Å²) in [7, 11) is 1.52. The number of allylic oxidation sites excluding steroid dienone is 2. The van der Waals surface area contributed by atoms with Crippen LogP contribution in [0, 0.1) is 0 Å². The fraction of sp³-hybridized carbons (Fsp3) is 0.375. The van der Waals surface area contributed by atoms with Gasteiger partial charge in [0.15, 0.2) is 5.72 Å². The average Bonchev–Trinajstić information content (AvgIpc) is 2.07. The SMILES string of the molecule is COC1(N=C=O)C=CC=CC1. The smallest absolute Gasteiger partial charge is 0.238 e. The van der Waals surface area contributed by atoms with Gasteiger partial charge in [-0.2, -0.15) is 4.99 Å². The van der Waals surface area contributed by atoms with Gasteiger partial charge < -0.3 is 4.74 Å². The average molecular weight is 151 g/mol. The van der Waals surface area contributed by atoms with E-state index in [2.05, 4.69) is 4.99 Å². The Morgan fingerprint density at radius 3 is 2.91 bits per heavy atom. The zero-order valence-electron chi connectivity index (χ0n) is 6.28. The first-order valence-electron chi connectivity index (χ1n) is 3.31. The first-order chi connectivity index (χ1) is 5.33. The van der Waals surface area contributed by atoms with Crippen LogP contribution in [0.1, 0.15) is 6.42 Å². The number of aliphatic imine (C=N–C) groups is 1. The Balaban J connectivity index is 2.84. The van der Waals surface area contributed by atoms with E-state index in [0.29, 0.717) is 6.42 Å². The van der Waals surface area contributed by atoms with Crippen LogP contribution in [0.15, 0.2) is 29.3 Å². The van der Waals surface area contributed by atoms with Gasteiger partial charge in [-0.1, -0.05) is 18.2 Å². The summed E-state index contributed by atoms with van der Waals surface area (Å²) in [6.07, 6.45) is 9.40. The second-order valence-corrected chi connectivity index (χ2v) is 2.24. The minimum atomic E-state index is -0.795. The third-order valence-electron chi connectivity index (χ3n) is 1.60. The third kappa shape index (κ3) is 1.64. The summed E-state index contributed by atoms with van der Waals surface area (Å²) in [5.74, 6) is 0. The van der Waals surface area contributed by atoms with E-state index in [9.17, 15) is 4.79 Å². The molecule has 0 amide bonds. The lowest BCUT2D eigenvalue weighted by Gasteiger charge is -2.22. The lowest BCUT2D eigenvalue weighted by molar-refractivity contribution is 0.0420.